The molecular formula is C15H19F2N3O3. The average Bonchev–Trinajstić information content (AvgIpc) is 2.82. The number of alkyl halides is 2. The summed E-state index contributed by atoms with van der Waals surface area (Å²) in [5.74, 6) is -0.479. The minimum Gasteiger partial charge on any atom is -0.469 e. The van der Waals surface area contributed by atoms with Crippen LogP contribution in [-0.4, -0.2) is 27.4 Å². The van der Waals surface area contributed by atoms with Gasteiger partial charge in [0.15, 0.2) is 5.65 Å². The number of ether oxygens (including phenoxy) is 1. The molecule has 0 N–H and O–H groups in total. The van der Waals surface area contributed by atoms with Gasteiger partial charge in [-0.3, -0.25) is 18.8 Å². The molecule has 0 saturated heterocycles. The van der Waals surface area contributed by atoms with E-state index in [1.807, 2.05) is 6.92 Å². The van der Waals surface area contributed by atoms with Gasteiger partial charge in [-0.2, -0.15) is 5.10 Å². The molecule has 2 heterocycles. The Hall–Kier alpha value is -2.25. The van der Waals surface area contributed by atoms with Gasteiger partial charge in [0, 0.05) is 35.8 Å². The van der Waals surface area contributed by atoms with E-state index in [9.17, 15) is 18.4 Å². The lowest BCUT2D eigenvalue weighted by Gasteiger charge is -2.09. The number of halogens is 2. The number of hydrogen-bond donors (Lipinski definition) is 0. The number of aryl methyl sites for hydroxylation is 3. The van der Waals surface area contributed by atoms with Crippen LogP contribution in [0.15, 0.2) is 10.9 Å². The van der Waals surface area contributed by atoms with Crippen LogP contribution in [0.25, 0.3) is 11.0 Å². The number of carbonyl (C=O) groups is 1. The Bertz CT molecular complexity index is 780. The van der Waals surface area contributed by atoms with Crippen LogP contribution >= 0.6 is 0 Å². The van der Waals surface area contributed by atoms with Gasteiger partial charge in [-0.05, 0) is 13.3 Å². The first-order valence-electron chi connectivity index (χ1n) is 7.36. The third-order valence-electron chi connectivity index (χ3n) is 3.72. The highest BCUT2D eigenvalue weighted by Gasteiger charge is 2.22. The average molecular weight is 327 g/mol. The van der Waals surface area contributed by atoms with Crippen molar-refractivity contribution in [1.29, 1.82) is 0 Å². The number of esters is 1. The number of fused-ring (bicyclic) bond motifs is 1. The zero-order valence-corrected chi connectivity index (χ0v) is 13.3. The largest absolute Gasteiger partial charge is 0.469 e. The molecule has 0 radical (unpaired) electrons. The third kappa shape index (κ3) is 3.25. The topological polar surface area (TPSA) is 66.1 Å². The van der Waals surface area contributed by atoms with Crippen LogP contribution in [0.1, 0.15) is 37.4 Å². The van der Waals surface area contributed by atoms with Crippen molar-refractivity contribution in [3.05, 3.63) is 27.7 Å². The number of hydrogen-bond acceptors (Lipinski definition) is 4. The monoisotopic (exact) mass is 327 g/mol. The van der Waals surface area contributed by atoms with Crippen LogP contribution in [0, 0.1) is 6.92 Å². The van der Waals surface area contributed by atoms with Crippen LogP contribution in [0.2, 0.25) is 0 Å². The van der Waals surface area contributed by atoms with Crippen molar-refractivity contribution in [2.24, 2.45) is 0 Å². The smallest absolute Gasteiger partial charge is 0.307 e. The Balaban J connectivity index is 2.65. The number of carbonyl (C=O) groups excluding carboxylic acids is 1. The molecule has 0 aliphatic heterocycles. The zero-order chi connectivity index (χ0) is 17.1. The normalized spacial score (nSPS) is 11.4. The van der Waals surface area contributed by atoms with Crippen molar-refractivity contribution in [2.45, 2.75) is 46.2 Å². The fourth-order valence-electron chi connectivity index (χ4n) is 2.57. The molecule has 0 fully saturated rings. The summed E-state index contributed by atoms with van der Waals surface area (Å²) < 4.78 is 34.0. The molecule has 8 heteroatoms. The zero-order valence-electron chi connectivity index (χ0n) is 13.3. The minimum absolute atomic E-state index is 0.0286. The van der Waals surface area contributed by atoms with E-state index in [0.29, 0.717) is 12.2 Å². The molecule has 0 amide bonds. The van der Waals surface area contributed by atoms with Crippen LogP contribution in [-0.2, 0) is 22.6 Å². The molecule has 0 bridgehead atoms. The van der Waals surface area contributed by atoms with Crippen LogP contribution in [0.3, 0.4) is 0 Å². The fraction of sp³-hybridized carbons (Fsp3) is 0.533. The first-order valence-corrected chi connectivity index (χ1v) is 7.36. The Morgan fingerprint density at radius 1 is 1.39 bits per heavy atom. The van der Waals surface area contributed by atoms with Gasteiger partial charge >= 0.3 is 5.97 Å². The van der Waals surface area contributed by atoms with Crippen molar-refractivity contribution < 1.29 is 18.3 Å². The highest BCUT2D eigenvalue weighted by molar-refractivity contribution is 5.82. The van der Waals surface area contributed by atoms with E-state index in [0.717, 1.165) is 12.5 Å². The van der Waals surface area contributed by atoms with Gasteiger partial charge in [0.05, 0.1) is 13.5 Å². The maximum atomic E-state index is 13.3. The summed E-state index contributed by atoms with van der Waals surface area (Å²) >= 11 is 0. The number of methoxy groups -OCH3 is 1. The Morgan fingerprint density at radius 2 is 2.09 bits per heavy atom. The molecule has 2 rings (SSSR count). The maximum Gasteiger partial charge on any atom is 0.307 e. The predicted molar refractivity (Wildman–Crippen MR) is 80.6 cm³/mol. The number of aromatic nitrogens is 3. The van der Waals surface area contributed by atoms with E-state index in [4.69, 9.17) is 0 Å². The van der Waals surface area contributed by atoms with Crippen molar-refractivity contribution in [2.75, 3.05) is 7.11 Å². The van der Waals surface area contributed by atoms with Gasteiger partial charge in [-0.1, -0.05) is 6.92 Å². The summed E-state index contributed by atoms with van der Waals surface area (Å²) in [6.45, 7) is 4.25. The maximum absolute atomic E-state index is 13.3. The highest BCUT2D eigenvalue weighted by atomic mass is 19.3. The Kier molecular flexibility index (Phi) is 5.12. The third-order valence-corrected chi connectivity index (χ3v) is 3.72. The standard InChI is InChI=1S/C15H19F2N3O3/c1-4-6-20-9(2)13-10(14(16)17)8-11(21)19(15(13)18-20)7-5-12(22)23-3/h8,14H,4-7H2,1-3H3. The van der Waals surface area contributed by atoms with Crippen LogP contribution < -0.4 is 5.56 Å². The molecule has 0 aliphatic rings. The summed E-state index contributed by atoms with van der Waals surface area (Å²) in [5.41, 5.74) is -0.149. The highest BCUT2D eigenvalue weighted by Crippen LogP contribution is 2.28. The molecule has 0 unspecified atom stereocenters. The molecule has 2 aromatic heterocycles. The lowest BCUT2D eigenvalue weighted by Crippen LogP contribution is -2.23. The number of nitrogens with zero attached hydrogens (tertiary/aromatic N) is 3. The quantitative estimate of drug-likeness (QED) is 0.764. The van der Waals surface area contributed by atoms with E-state index in [1.165, 1.54) is 11.7 Å². The second-order valence-corrected chi connectivity index (χ2v) is 5.22. The molecule has 0 aromatic carbocycles. The summed E-state index contributed by atoms with van der Waals surface area (Å²) in [7, 11) is 1.25. The Labute approximate surface area is 131 Å². The minimum atomic E-state index is -2.77. The lowest BCUT2D eigenvalue weighted by molar-refractivity contribution is -0.140. The molecule has 23 heavy (non-hydrogen) atoms. The van der Waals surface area contributed by atoms with Gasteiger partial charge in [0.2, 0.25) is 0 Å². The van der Waals surface area contributed by atoms with Crippen molar-refractivity contribution in [3.63, 3.8) is 0 Å². The Morgan fingerprint density at radius 3 is 2.65 bits per heavy atom. The van der Waals surface area contributed by atoms with Crippen LogP contribution in [0.5, 0.6) is 0 Å². The number of pyridine rings is 1. The molecule has 0 spiro atoms. The summed E-state index contributed by atoms with van der Waals surface area (Å²) in [6.07, 6.45) is -2.01. The molecule has 126 valence electrons. The number of rotatable bonds is 6. The SMILES string of the molecule is CCCn1nc2c(c(C(F)F)cc(=O)n2CCC(=O)OC)c1C. The summed E-state index contributed by atoms with van der Waals surface area (Å²) in [5, 5.41) is 4.58. The molecule has 6 nitrogen and oxygen atoms in total. The van der Waals surface area contributed by atoms with Gasteiger partial charge in [0.25, 0.3) is 12.0 Å². The molecular weight excluding hydrogens is 308 g/mol. The van der Waals surface area contributed by atoms with E-state index in [1.54, 1.807) is 11.6 Å². The van der Waals surface area contributed by atoms with Gasteiger partial charge in [-0.25, -0.2) is 8.78 Å². The summed E-state index contributed by atoms with van der Waals surface area (Å²) in [6, 6.07) is 0.926. The van der Waals surface area contributed by atoms with E-state index in [-0.39, 0.29) is 29.6 Å². The van der Waals surface area contributed by atoms with Crippen molar-refractivity contribution in [3.8, 4) is 0 Å². The van der Waals surface area contributed by atoms with Crippen molar-refractivity contribution >= 4 is 17.0 Å². The second-order valence-electron chi connectivity index (χ2n) is 5.22. The van der Waals surface area contributed by atoms with Gasteiger partial charge in [-0.15, -0.1) is 0 Å². The van der Waals surface area contributed by atoms with E-state index >= 15 is 0 Å². The van der Waals surface area contributed by atoms with Crippen molar-refractivity contribution in [1.82, 2.24) is 14.3 Å². The fourth-order valence-corrected chi connectivity index (χ4v) is 2.57. The molecule has 0 atom stereocenters. The van der Waals surface area contributed by atoms with Crippen LogP contribution in [0.4, 0.5) is 8.78 Å². The predicted octanol–water partition coefficient (Wildman–Crippen LogP) is 2.42. The van der Waals surface area contributed by atoms with E-state index in [2.05, 4.69) is 9.84 Å². The molecule has 0 aliphatic carbocycles. The second kappa shape index (κ2) is 6.89. The first kappa shape index (κ1) is 17.1. The first-order chi connectivity index (χ1) is 10.9. The van der Waals surface area contributed by atoms with E-state index < -0.39 is 18.0 Å². The molecule has 0 saturated carbocycles. The summed E-state index contributed by atoms with van der Waals surface area (Å²) in [4.78, 5) is 23.5. The lowest BCUT2D eigenvalue weighted by atomic mass is 10.1. The van der Waals surface area contributed by atoms with Gasteiger partial charge in [0.1, 0.15) is 0 Å². The van der Waals surface area contributed by atoms with Gasteiger partial charge < -0.3 is 4.74 Å². The molecule has 2 aromatic rings.